The Hall–Kier alpha value is -1.48. The Bertz CT molecular complexity index is 768. The summed E-state index contributed by atoms with van der Waals surface area (Å²) >= 11 is 0. The summed E-state index contributed by atoms with van der Waals surface area (Å²) in [6.45, 7) is 9.33. The number of nitrogens with one attached hydrogen (secondary N) is 1. The van der Waals surface area contributed by atoms with Crippen molar-refractivity contribution in [2.45, 2.75) is 44.0 Å². The molecule has 7 nitrogen and oxygen atoms in total. The van der Waals surface area contributed by atoms with Crippen molar-refractivity contribution in [2.24, 2.45) is 5.92 Å². The van der Waals surface area contributed by atoms with E-state index in [0.29, 0.717) is 31.1 Å². The van der Waals surface area contributed by atoms with Gasteiger partial charge in [-0.2, -0.15) is 4.31 Å². The van der Waals surface area contributed by atoms with Gasteiger partial charge in [0.25, 0.3) is 5.91 Å². The van der Waals surface area contributed by atoms with Gasteiger partial charge >= 0.3 is 0 Å². The number of rotatable bonds is 8. The van der Waals surface area contributed by atoms with Crippen molar-refractivity contribution >= 4 is 15.9 Å². The molecule has 0 aliphatic carbocycles. The molecule has 162 valence electrons. The van der Waals surface area contributed by atoms with Gasteiger partial charge in [0.05, 0.1) is 18.1 Å². The first kappa shape index (κ1) is 22.2. The molecule has 1 amide bonds. The van der Waals surface area contributed by atoms with Crippen LogP contribution in [0, 0.1) is 5.92 Å². The van der Waals surface area contributed by atoms with E-state index in [1.54, 1.807) is 12.1 Å². The third-order valence-electron chi connectivity index (χ3n) is 5.62. The summed E-state index contributed by atoms with van der Waals surface area (Å²) in [6, 6.07) is 6.55. The Kier molecular flexibility index (Phi) is 7.67. The van der Waals surface area contributed by atoms with Crippen molar-refractivity contribution in [1.82, 2.24) is 14.5 Å². The van der Waals surface area contributed by atoms with E-state index in [1.165, 1.54) is 16.4 Å². The first-order valence-corrected chi connectivity index (χ1v) is 12.0. The average molecular weight is 424 g/mol. The largest absolute Gasteiger partial charge is 0.379 e. The van der Waals surface area contributed by atoms with Crippen molar-refractivity contribution < 1.29 is 17.9 Å². The molecule has 1 aromatic carbocycles. The fourth-order valence-corrected chi connectivity index (χ4v) is 5.53. The van der Waals surface area contributed by atoms with Gasteiger partial charge in [0.15, 0.2) is 0 Å². The fraction of sp³-hybridized carbons (Fsp3) is 0.667. The molecule has 2 fully saturated rings. The Labute approximate surface area is 174 Å². The number of carbonyl (C=O) groups excluding carboxylic acids is 1. The number of hydrogen-bond donors (Lipinski definition) is 1. The number of morpholine rings is 1. The van der Waals surface area contributed by atoms with E-state index < -0.39 is 10.0 Å². The highest BCUT2D eigenvalue weighted by Crippen LogP contribution is 2.21. The molecule has 2 heterocycles. The second kappa shape index (κ2) is 10.0. The maximum Gasteiger partial charge on any atom is 0.251 e. The average Bonchev–Trinajstić information content (AvgIpc) is 3.27. The molecule has 1 N–H and O–H groups in total. The predicted octanol–water partition coefficient (Wildman–Crippen LogP) is 1.95. The zero-order chi connectivity index (χ0) is 20.9. The van der Waals surface area contributed by atoms with Crippen LogP contribution < -0.4 is 5.32 Å². The number of ether oxygens (including phenoxy) is 1. The van der Waals surface area contributed by atoms with Gasteiger partial charge in [0.2, 0.25) is 10.0 Å². The summed E-state index contributed by atoms with van der Waals surface area (Å²) in [5.74, 6) is 0.368. The lowest BCUT2D eigenvalue weighted by atomic mass is 10.0. The molecule has 0 radical (unpaired) electrons. The van der Waals surface area contributed by atoms with Crippen LogP contribution in [0.1, 0.15) is 43.5 Å². The number of sulfonamides is 1. The molecule has 29 heavy (non-hydrogen) atoms. The molecular formula is C21H33N3O4S. The molecule has 0 saturated carbocycles. The van der Waals surface area contributed by atoms with Crippen LogP contribution in [-0.2, 0) is 14.8 Å². The smallest absolute Gasteiger partial charge is 0.251 e. The number of nitrogens with zero attached hydrogens (tertiary/aromatic N) is 2. The molecule has 1 aromatic rings. The predicted molar refractivity (Wildman–Crippen MR) is 112 cm³/mol. The van der Waals surface area contributed by atoms with Gasteiger partial charge in [-0.3, -0.25) is 9.69 Å². The maximum atomic E-state index is 12.6. The lowest BCUT2D eigenvalue weighted by Gasteiger charge is -2.35. The SMILES string of the molecule is CC(C)CC(CNC(=O)c1ccc(S(=O)(=O)N2CCCC2)cc1)N1CCOCC1. The molecule has 1 atom stereocenters. The summed E-state index contributed by atoms with van der Waals surface area (Å²) in [6.07, 6.45) is 2.81. The van der Waals surface area contributed by atoms with Crippen molar-refractivity contribution in [2.75, 3.05) is 45.9 Å². The molecule has 1 unspecified atom stereocenters. The van der Waals surface area contributed by atoms with Crippen molar-refractivity contribution in [3.8, 4) is 0 Å². The Morgan fingerprint density at radius 3 is 2.28 bits per heavy atom. The topological polar surface area (TPSA) is 79.0 Å². The number of benzene rings is 1. The van der Waals surface area contributed by atoms with E-state index in [1.807, 2.05) is 0 Å². The van der Waals surface area contributed by atoms with Crippen LogP contribution in [0.5, 0.6) is 0 Å². The summed E-state index contributed by atoms with van der Waals surface area (Å²) in [4.78, 5) is 15.3. The monoisotopic (exact) mass is 423 g/mol. The number of hydrogen-bond acceptors (Lipinski definition) is 5. The van der Waals surface area contributed by atoms with Crippen LogP contribution in [0.3, 0.4) is 0 Å². The van der Waals surface area contributed by atoms with E-state index in [-0.39, 0.29) is 16.8 Å². The third kappa shape index (κ3) is 5.78. The van der Waals surface area contributed by atoms with E-state index >= 15 is 0 Å². The van der Waals surface area contributed by atoms with Gasteiger partial charge in [-0.25, -0.2) is 8.42 Å². The van der Waals surface area contributed by atoms with E-state index in [4.69, 9.17) is 4.74 Å². The van der Waals surface area contributed by atoms with Crippen LogP contribution in [0.4, 0.5) is 0 Å². The molecule has 3 rings (SSSR count). The van der Waals surface area contributed by atoms with Crippen LogP contribution in [0.25, 0.3) is 0 Å². The van der Waals surface area contributed by atoms with Crippen molar-refractivity contribution in [3.05, 3.63) is 29.8 Å². The molecule has 2 saturated heterocycles. The molecule has 0 spiro atoms. The minimum atomic E-state index is -3.45. The van der Waals surface area contributed by atoms with E-state index in [2.05, 4.69) is 24.1 Å². The fourth-order valence-electron chi connectivity index (χ4n) is 4.02. The molecular weight excluding hydrogens is 390 g/mol. The Morgan fingerprint density at radius 1 is 1.07 bits per heavy atom. The minimum Gasteiger partial charge on any atom is -0.379 e. The second-order valence-corrected chi connectivity index (χ2v) is 10.2. The van der Waals surface area contributed by atoms with Crippen LogP contribution in [-0.4, -0.2) is 75.5 Å². The first-order valence-electron chi connectivity index (χ1n) is 10.6. The maximum absolute atomic E-state index is 12.6. The van der Waals surface area contributed by atoms with Gasteiger partial charge in [0, 0.05) is 44.3 Å². The molecule has 2 aliphatic heterocycles. The van der Waals surface area contributed by atoms with Gasteiger partial charge in [0.1, 0.15) is 0 Å². The van der Waals surface area contributed by atoms with E-state index in [0.717, 1.165) is 45.6 Å². The quantitative estimate of drug-likeness (QED) is 0.691. The Morgan fingerprint density at radius 2 is 1.69 bits per heavy atom. The summed E-state index contributed by atoms with van der Waals surface area (Å²) in [5, 5.41) is 3.03. The van der Waals surface area contributed by atoms with Crippen LogP contribution >= 0.6 is 0 Å². The molecule has 8 heteroatoms. The van der Waals surface area contributed by atoms with Crippen LogP contribution in [0.15, 0.2) is 29.2 Å². The zero-order valence-electron chi connectivity index (χ0n) is 17.5. The van der Waals surface area contributed by atoms with E-state index in [9.17, 15) is 13.2 Å². The van der Waals surface area contributed by atoms with Gasteiger partial charge in [-0.1, -0.05) is 13.8 Å². The van der Waals surface area contributed by atoms with Crippen LogP contribution in [0.2, 0.25) is 0 Å². The lowest BCUT2D eigenvalue weighted by Crippen LogP contribution is -2.49. The Balaban J connectivity index is 1.60. The molecule has 0 bridgehead atoms. The zero-order valence-corrected chi connectivity index (χ0v) is 18.3. The summed E-state index contributed by atoms with van der Waals surface area (Å²) < 4.78 is 32.2. The normalized spacial score (nSPS) is 20.1. The highest BCUT2D eigenvalue weighted by molar-refractivity contribution is 7.89. The third-order valence-corrected chi connectivity index (χ3v) is 7.54. The molecule has 2 aliphatic rings. The first-order chi connectivity index (χ1) is 13.9. The standard InChI is InChI=1S/C21H33N3O4S/c1-17(2)15-19(23-11-13-28-14-12-23)16-22-21(25)18-5-7-20(8-6-18)29(26,27)24-9-3-4-10-24/h5-8,17,19H,3-4,9-16H2,1-2H3,(H,22,25). The molecule has 0 aromatic heterocycles. The summed E-state index contributed by atoms with van der Waals surface area (Å²) in [7, 11) is -3.45. The highest BCUT2D eigenvalue weighted by Gasteiger charge is 2.27. The lowest BCUT2D eigenvalue weighted by molar-refractivity contribution is 0.0124. The van der Waals surface area contributed by atoms with Crippen molar-refractivity contribution in [3.63, 3.8) is 0 Å². The van der Waals surface area contributed by atoms with Gasteiger partial charge in [-0.05, 0) is 49.4 Å². The minimum absolute atomic E-state index is 0.169. The number of amides is 1. The van der Waals surface area contributed by atoms with Crippen molar-refractivity contribution in [1.29, 1.82) is 0 Å². The number of carbonyl (C=O) groups is 1. The highest BCUT2D eigenvalue weighted by atomic mass is 32.2. The van der Waals surface area contributed by atoms with Gasteiger partial charge in [-0.15, -0.1) is 0 Å². The second-order valence-electron chi connectivity index (χ2n) is 8.28. The van der Waals surface area contributed by atoms with Gasteiger partial charge < -0.3 is 10.1 Å². The summed E-state index contributed by atoms with van der Waals surface area (Å²) in [5.41, 5.74) is 0.482.